The van der Waals surface area contributed by atoms with Gasteiger partial charge < -0.3 is 10.6 Å². The molecule has 1 saturated heterocycles. The van der Waals surface area contributed by atoms with Gasteiger partial charge in [-0.1, -0.05) is 38.4 Å². The molecule has 2 nitrogen and oxygen atoms in total. The summed E-state index contributed by atoms with van der Waals surface area (Å²) in [5.74, 6) is 0. The van der Waals surface area contributed by atoms with Crippen molar-refractivity contribution >= 4 is 17.3 Å². The Morgan fingerprint density at radius 2 is 2.15 bits per heavy atom. The van der Waals surface area contributed by atoms with Crippen LogP contribution < -0.4 is 10.6 Å². The van der Waals surface area contributed by atoms with Crippen LogP contribution in [0.2, 0.25) is 5.02 Å². The first-order valence-corrected chi connectivity index (χ1v) is 8.08. The Bertz CT molecular complexity index is 456. The maximum absolute atomic E-state index is 6.50. The molecule has 0 radical (unpaired) electrons. The number of hydrogen-bond acceptors (Lipinski definition) is 2. The molecule has 2 N–H and O–H groups in total. The zero-order chi connectivity index (χ0) is 14.8. The van der Waals surface area contributed by atoms with E-state index in [0.717, 1.165) is 31.0 Å². The average Bonchev–Trinajstić information content (AvgIpc) is 2.37. The van der Waals surface area contributed by atoms with Crippen LogP contribution in [0.1, 0.15) is 45.6 Å². The maximum Gasteiger partial charge on any atom is 0.0642 e. The van der Waals surface area contributed by atoms with Crippen molar-refractivity contribution in [2.24, 2.45) is 11.1 Å². The summed E-state index contributed by atoms with van der Waals surface area (Å²) in [5.41, 5.74) is 8.81. The van der Waals surface area contributed by atoms with Crippen molar-refractivity contribution in [2.75, 3.05) is 18.0 Å². The number of hydrogen-bond donors (Lipinski definition) is 1. The fourth-order valence-corrected chi connectivity index (χ4v) is 3.33. The molecule has 1 unspecified atom stereocenters. The Morgan fingerprint density at radius 3 is 2.75 bits per heavy atom. The Hall–Kier alpha value is -0.730. The standard InChI is InChI=1S/C17H27ClN2/c1-4-14(19)10-13-6-7-16(15(18)11-13)20-9-5-8-17(2,3)12-20/h6-7,11,14H,4-5,8-10,12,19H2,1-3H3. The third-order valence-electron chi connectivity index (χ3n) is 4.28. The Morgan fingerprint density at radius 1 is 1.40 bits per heavy atom. The second-order valence-electron chi connectivity index (χ2n) is 6.85. The quantitative estimate of drug-likeness (QED) is 0.899. The van der Waals surface area contributed by atoms with E-state index in [1.807, 2.05) is 0 Å². The van der Waals surface area contributed by atoms with Crippen LogP contribution in [0.3, 0.4) is 0 Å². The summed E-state index contributed by atoms with van der Waals surface area (Å²) in [6.45, 7) is 8.98. The molecule has 1 aliphatic rings. The lowest BCUT2D eigenvalue weighted by atomic mass is 9.84. The first-order chi connectivity index (χ1) is 9.41. The van der Waals surface area contributed by atoms with E-state index in [4.69, 9.17) is 17.3 Å². The molecule has 1 heterocycles. The van der Waals surface area contributed by atoms with Crippen LogP contribution in [0.25, 0.3) is 0 Å². The van der Waals surface area contributed by atoms with Crippen molar-refractivity contribution in [2.45, 2.75) is 52.5 Å². The van der Waals surface area contributed by atoms with Crippen molar-refractivity contribution in [3.05, 3.63) is 28.8 Å². The summed E-state index contributed by atoms with van der Waals surface area (Å²) < 4.78 is 0. The van der Waals surface area contributed by atoms with Gasteiger partial charge in [-0.3, -0.25) is 0 Å². The molecule has 0 saturated carbocycles. The molecule has 2 rings (SSSR count). The minimum atomic E-state index is 0.228. The average molecular weight is 295 g/mol. The lowest BCUT2D eigenvalue weighted by Gasteiger charge is -2.39. The molecule has 0 spiro atoms. The molecule has 0 aliphatic carbocycles. The third kappa shape index (κ3) is 3.89. The van der Waals surface area contributed by atoms with Gasteiger partial charge >= 0.3 is 0 Å². The normalized spacial score (nSPS) is 19.9. The van der Waals surface area contributed by atoms with Gasteiger partial charge in [0.25, 0.3) is 0 Å². The molecule has 1 fully saturated rings. The van der Waals surface area contributed by atoms with Crippen molar-refractivity contribution in [3.8, 4) is 0 Å². The van der Waals surface area contributed by atoms with E-state index in [1.165, 1.54) is 24.1 Å². The van der Waals surface area contributed by atoms with Gasteiger partial charge in [-0.2, -0.15) is 0 Å². The Kier molecular flexibility index (Phi) is 4.98. The summed E-state index contributed by atoms with van der Waals surface area (Å²) >= 11 is 6.50. The fourth-order valence-electron chi connectivity index (χ4n) is 3.01. The Labute approximate surface area is 128 Å². The molecular weight excluding hydrogens is 268 g/mol. The van der Waals surface area contributed by atoms with Gasteiger partial charge in [-0.25, -0.2) is 0 Å². The van der Waals surface area contributed by atoms with Gasteiger partial charge in [-0.05, 0) is 48.8 Å². The number of anilines is 1. The fraction of sp³-hybridized carbons (Fsp3) is 0.647. The van der Waals surface area contributed by atoms with Crippen LogP contribution in [0.5, 0.6) is 0 Å². The first kappa shape index (κ1) is 15.7. The van der Waals surface area contributed by atoms with Gasteiger partial charge in [0.15, 0.2) is 0 Å². The SMILES string of the molecule is CCC(N)Cc1ccc(N2CCCC(C)(C)C2)c(Cl)c1. The molecule has 1 aromatic carbocycles. The van der Waals surface area contributed by atoms with Crippen molar-refractivity contribution in [3.63, 3.8) is 0 Å². The zero-order valence-electron chi connectivity index (χ0n) is 13.0. The predicted octanol–water partition coefficient (Wildman–Crippen LogP) is 4.25. The number of nitrogens with two attached hydrogens (primary N) is 1. The van der Waals surface area contributed by atoms with E-state index in [-0.39, 0.29) is 6.04 Å². The molecule has 1 atom stereocenters. The number of nitrogens with zero attached hydrogens (tertiary/aromatic N) is 1. The highest BCUT2D eigenvalue weighted by Gasteiger charge is 2.27. The van der Waals surface area contributed by atoms with Crippen LogP contribution in [0.4, 0.5) is 5.69 Å². The number of benzene rings is 1. The van der Waals surface area contributed by atoms with E-state index in [2.05, 4.69) is 43.9 Å². The minimum absolute atomic E-state index is 0.228. The molecule has 0 amide bonds. The highest BCUT2D eigenvalue weighted by atomic mass is 35.5. The van der Waals surface area contributed by atoms with Crippen LogP contribution in [0.15, 0.2) is 18.2 Å². The molecular formula is C17H27ClN2. The molecule has 1 aliphatic heterocycles. The number of rotatable bonds is 4. The van der Waals surface area contributed by atoms with Crippen molar-refractivity contribution in [1.82, 2.24) is 0 Å². The molecule has 112 valence electrons. The third-order valence-corrected chi connectivity index (χ3v) is 4.58. The zero-order valence-corrected chi connectivity index (χ0v) is 13.7. The van der Waals surface area contributed by atoms with E-state index in [0.29, 0.717) is 5.41 Å². The van der Waals surface area contributed by atoms with Crippen LogP contribution in [-0.2, 0) is 6.42 Å². The minimum Gasteiger partial charge on any atom is -0.370 e. The second kappa shape index (κ2) is 6.36. The monoisotopic (exact) mass is 294 g/mol. The van der Waals surface area contributed by atoms with Crippen LogP contribution in [-0.4, -0.2) is 19.1 Å². The van der Waals surface area contributed by atoms with E-state index in [9.17, 15) is 0 Å². The van der Waals surface area contributed by atoms with Crippen molar-refractivity contribution in [1.29, 1.82) is 0 Å². The predicted molar refractivity (Wildman–Crippen MR) is 88.7 cm³/mol. The van der Waals surface area contributed by atoms with Gasteiger partial charge in [0.1, 0.15) is 0 Å². The van der Waals surface area contributed by atoms with Crippen LogP contribution in [0, 0.1) is 5.41 Å². The molecule has 1 aromatic rings. The molecule has 20 heavy (non-hydrogen) atoms. The lowest BCUT2D eigenvalue weighted by Crippen LogP contribution is -2.40. The maximum atomic E-state index is 6.50. The largest absolute Gasteiger partial charge is 0.370 e. The molecule has 0 bridgehead atoms. The molecule has 3 heteroatoms. The van der Waals surface area contributed by atoms with Gasteiger partial charge in [0, 0.05) is 19.1 Å². The smallest absolute Gasteiger partial charge is 0.0642 e. The lowest BCUT2D eigenvalue weighted by molar-refractivity contribution is 0.293. The first-order valence-electron chi connectivity index (χ1n) is 7.70. The summed E-state index contributed by atoms with van der Waals surface area (Å²) in [4.78, 5) is 2.43. The second-order valence-corrected chi connectivity index (χ2v) is 7.25. The summed E-state index contributed by atoms with van der Waals surface area (Å²) in [5, 5.41) is 0.864. The van der Waals surface area contributed by atoms with Gasteiger partial charge in [0.05, 0.1) is 10.7 Å². The van der Waals surface area contributed by atoms with Gasteiger partial charge in [-0.15, -0.1) is 0 Å². The van der Waals surface area contributed by atoms with Crippen LogP contribution >= 0.6 is 11.6 Å². The number of piperidine rings is 1. The highest BCUT2D eigenvalue weighted by molar-refractivity contribution is 6.33. The Balaban J connectivity index is 2.13. The van der Waals surface area contributed by atoms with E-state index >= 15 is 0 Å². The topological polar surface area (TPSA) is 29.3 Å². The van der Waals surface area contributed by atoms with Gasteiger partial charge in [0.2, 0.25) is 0 Å². The van der Waals surface area contributed by atoms with E-state index in [1.54, 1.807) is 0 Å². The van der Waals surface area contributed by atoms with E-state index < -0.39 is 0 Å². The highest BCUT2D eigenvalue weighted by Crippen LogP contribution is 2.35. The summed E-state index contributed by atoms with van der Waals surface area (Å²) in [6.07, 6.45) is 4.44. The summed E-state index contributed by atoms with van der Waals surface area (Å²) in [7, 11) is 0. The number of halogens is 1. The van der Waals surface area contributed by atoms with Crippen molar-refractivity contribution < 1.29 is 0 Å². The molecule has 0 aromatic heterocycles. The summed E-state index contributed by atoms with van der Waals surface area (Å²) in [6, 6.07) is 6.67.